The van der Waals surface area contributed by atoms with Crippen molar-refractivity contribution in [2.75, 3.05) is 11.9 Å². The summed E-state index contributed by atoms with van der Waals surface area (Å²) in [7, 11) is 1.96. The van der Waals surface area contributed by atoms with Crippen LogP contribution in [-0.2, 0) is 0 Å². The number of carbonyl (C=O) groups is 1. The second kappa shape index (κ2) is 5.24. The molecule has 1 fully saturated rings. The van der Waals surface area contributed by atoms with E-state index in [9.17, 15) is 9.90 Å². The lowest BCUT2D eigenvalue weighted by atomic mass is 9.91. The van der Waals surface area contributed by atoms with E-state index in [0.29, 0.717) is 23.1 Å². The van der Waals surface area contributed by atoms with Gasteiger partial charge in [-0.15, -0.1) is 0 Å². The first kappa shape index (κ1) is 13.7. The van der Waals surface area contributed by atoms with Gasteiger partial charge in [0.1, 0.15) is 11.4 Å². The van der Waals surface area contributed by atoms with Gasteiger partial charge in [-0.05, 0) is 38.3 Å². The van der Waals surface area contributed by atoms with Gasteiger partial charge in [0.15, 0.2) is 0 Å². The van der Waals surface area contributed by atoms with Crippen molar-refractivity contribution in [2.24, 2.45) is 0 Å². The fraction of sp³-hybridized carbons (Fsp3) is 0.375. The van der Waals surface area contributed by atoms with E-state index in [1.807, 2.05) is 37.4 Å². The summed E-state index contributed by atoms with van der Waals surface area (Å²) >= 11 is 0. The lowest BCUT2D eigenvalue weighted by Gasteiger charge is -2.36. The second-order valence-corrected chi connectivity index (χ2v) is 5.53. The number of para-hydroxylation sites is 1. The normalized spacial score (nSPS) is 14.8. The predicted molar refractivity (Wildman–Crippen MR) is 81.3 cm³/mol. The summed E-state index contributed by atoms with van der Waals surface area (Å²) in [6.45, 7) is 1.75. The molecule has 0 saturated heterocycles. The van der Waals surface area contributed by atoms with Crippen molar-refractivity contribution in [3.05, 3.63) is 41.6 Å². The number of aromatic carboxylic acids is 1. The van der Waals surface area contributed by atoms with Gasteiger partial charge in [0, 0.05) is 13.1 Å². The van der Waals surface area contributed by atoms with Gasteiger partial charge in [-0.1, -0.05) is 18.2 Å². The largest absolute Gasteiger partial charge is 0.477 e. The van der Waals surface area contributed by atoms with Crippen molar-refractivity contribution in [3.8, 4) is 5.69 Å². The predicted octanol–water partition coefficient (Wildman–Crippen LogP) is 2.87. The highest BCUT2D eigenvalue weighted by molar-refractivity contribution is 5.95. The van der Waals surface area contributed by atoms with Crippen LogP contribution in [0.1, 0.15) is 35.3 Å². The average Bonchev–Trinajstić information content (AvgIpc) is 2.75. The van der Waals surface area contributed by atoms with E-state index in [-0.39, 0.29) is 0 Å². The zero-order valence-electron chi connectivity index (χ0n) is 12.3. The summed E-state index contributed by atoms with van der Waals surface area (Å²) in [5, 5.41) is 14.0. The van der Waals surface area contributed by atoms with Crippen LogP contribution >= 0.6 is 0 Å². The third-order valence-electron chi connectivity index (χ3n) is 4.21. The number of aryl methyl sites for hydroxylation is 1. The maximum atomic E-state index is 11.6. The lowest BCUT2D eigenvalue weighted by molar-refractivity contribution is 0.0696. The van der Waals surface area contributed by atoms with Gasteiger partial charge in [-0.25, -0.2) is 9.48 Å². The number of rotatable bonds is 4. The van der Waals surface area contributed by atoms with Crippen LogP contribution < -0.4 is 4.90 Å². The number of nitrogens with zero attached hydrogens (tertiary/aromatic N) is 3. The van der Waals surface area contributed by atoms with Crippen molar-refractivity contribution in [1.29, 1.82) is 0 Å². The van der Waals surface area contributed by atoms with Crippen molar-refractivity contribution in [2.45, 2.75) is 32.2 Å². The van der Waals surface area contributed by atoms with Gasteiger partial charge in [0.2, 0.25) is 0 Å². The first-order valence-corrected chi connectivity index (χ1v) is 7.20. The monoisotopic (exact) mass is 285 g/mol. The Morgan fingerprint density at radius 3 is 2.52 bits per heavy atom. The Morgan fingerprint density at radius 2 is 2.00 bits per heavy atom. The van der Waals surface area contributed by atoms with Crippen LogP contribution in [0, 0.1) is 6.92 Å². The van der Waals surface area contributed by atoms with E-state index >= 15 is 0 Å². The zero-order valence-corrected chi connectivity index (χ0v) is 12.3. The van der Waals surface area contributed by atoms with Gasteiger partial charge >= 0.3 is 5.97 Å². The molecule has 1 saturated carbocycles. The van der Waals surface area contributed by atoms with Crippen LogP contribution in [0.15, 0.2) is 30.3 Å². The van der Waals surface area contributed by atoms with Crippen molar-refractivity contribution >= 4 is 11.8 Å². The smallest absolute Gasteiger partial charge is 0.341 e. The molecule has 0 amide bonds. The highest BCUT2D eigenvalue weighted by atomic mass is 16.4. The summed E-state index contributed by atoms with van der Waals surface area (Å²) in [6.07, 6.45) is 3.42. The lowest BCUT2D eigenvalue weighted by Crippen LogP contribution is -2.39. The number of carboxylic acid groups (broad SMARTS) is 1. The van der Waals surface area contributed by atoms with Crippen LogP contribution in [0.5, 0.6) is 0 Å². The maximum absolute atomic E-state index is 11.6. The van der Waals surface area contributed by atoms with Crippen LogP contribution in [0.25, 0.3) is 5.69 Å². The molecule has 0 aliphatic heterocycles. The molecule has 2 aromatic rings. The molecule has 3 rings (SSSR count). The third kappa shape index (κ3) is 2.28. The molecule has 1 N–H and O–H groups in total. The summed E-state index contributed by atoms with van der Waals surface area (Å²) in [5.41, 5.74) is 1.73. The Balaban J connectivity index is 2.15. The molecular formula is C16H19N3O2. The minimum Gasteiger partial charge on any atom is -0.477 e. The molecule has 110 valence electrons. The SMILES string of the molecule is Cc1nn(-c2ccccc2)c(N(C)C2CCC2)c1C(=O)O. The summed E-state index contributed by atoms with van der Waals surface area (Å²) in [4.78, 5) is 13.7. The fourth-order valence-electron chi connectivity index (χ4n) is 2.79. The Labute approximate surface area is 123 Å². The Kier molecular flexibility index (Phi) is 3.41. The first-order chi connectivity index (χ1) is 10.1. The Morgan fingerprint density at radius 1 is 1.33 bits per heavy atom. The first-order valence-electron chi connectivity index (χ1n) is 7.20. The van der Waals surface area contributed by atoms with Crippen molar-refractivity contribution in [1.82, 2.24) is 9.78 Å². The van der Waals surface area contributed by atoms with E-state index in [2.05, 4.69) is 10.00 Å². The van der Waals surface area contributed by atoms with E-state index in [1.54, 1.807) is 11.6 Å². The van der Waals surface area contributed by atoms with Crippen LogP contribution in [0.3, 0.4) is 0 Å². The molecule has 1 aromatic carbocycles. The topological polar surface area (TPSA) is 58.4 Å². The average molecular weight is 285 g/mol. The van der Waals surface area contributed by atoms with Gasteiger partial charge in [0.05, 0.1) is 11.4 Å². The molecular weight excluding hydrogens is 266 g/mol. The van der Waals surface area contributed by atoms with Gasteiger partial charge < -0.3 is 10.0 Å². The molecule has 0 unspecified atom stereocenters. The van der Waals surface area contributed by atoms with E-state index < -0.39 is 5.97 Å². The van der Waals surface area contributed by atoms with Gasteiger partial charge in [0.25, 0.3) is 0 Å². The molecule has 5 heteroatoms. The molecule has 0 atom stereocenters. The van der Waals surface area contributed by atoms with E-state index in [0.717, 1.165) is 18.5 Å². The van der Waals surface area contributed by atoms with E-state index in [1.165, 1.54) is 6.42 Å². The Hall–Kier alpha value is -2.30. The fourth-order valence-corrected chi connectivity index (χ4v) is 2.79. The molecule has 1 aliphatic carbocycles. The highest BCUT2D eigenvalue weighted by Gasteiger charge is 2.30. The number of anilines is 1. The van der Waals surface area contributed by atoms with Crippen molar-refractivity contribution < 1.29 is 9.90 Å². The minimum atomic E-state index is -0.921. The van der Waals surface area contributed by atoms with Gasteiger partial charge in [-0.3, -0.25) is 0 Å². The Bertz CT molecular complexity index is 660. The highest BCUT2D eigenvalue weighted by Crippen LogP contribution is 2.33. The number of hydrogen-bond donors (Lipinski definition) is 1. The summed E-state index contributed by atoms with van der Waals surface area (Å²) < 4.78 is 1.75. The molecule has 21 heavy (non-hydrogen) atoms. The molecule has 5 nitrogen and oxygen atoms in total. The van der Waals surface area contributed by atoms with Crippen LogP contribution in [-0.4, -0.2) is 33.9 Å². The second-order valence-electron chi connectivity index (χ2n) is 5.53. The standard InChI is InChI=1S/C16H19N3O2/c1-11-14(16(20)21)15(18(2)12-9-6-10-12)19(17-11)13-7-4-3-5-8-13/h3-5,7-8,12H,6,9-10H2,1-2H3,(H,20,21). The molecule has 1 heterocycles. The van der Waals surface area contributed by atoms with E-state index in [4.69, 9.17) is 0 Å². The summed E-state index contributed by atoms with van der Waals surface area (Å²) in [6, 6.07) is 10.1. The number of aromatic nitrogens is 2. The molecule has 0 spiro atoms. The number of hydrogen-bond acceptors (Lipinski definition) is 3. The van der Waals surface area contributed by atoms with Crippen molar-refractivity contribution in [3.63, 3.8) is 0 Å². The molecule has 1 aliphatic rings. The van der Waals surface area contributed by atoms with Crippen LogP contribution in [0.4, 0.5) is 5.82 Å². The number of benzene rings is 1. The molecule has 1 aromatic heterocycles. The minimum absolute atomic E-state index is 0.299. The quantitative estimate of drug-likeness (QED) is 0.938. The third-order valence-corrected chi connectivity index (χ3v) is 4.21. The zero-order chi connectivity index (χ0) is 15.0. The maximum Gasteiger partial charge on any atom is 0.341 e. The molecule has 0 radical (unpaired) electrons. The molecule has 0 bridgehead atoms. The summed E-state index contributed by atoms with van der Waals surface area (Å²) in [5.74, 6) is -0.244. The number of carboxylic acids is 1. The van der Waals surface area contributed by atoms with Gasteiger partial charge in [-0.2, -0.15) is 5.10 Å². The van der Waals surface area contributed by atoms with Crippen LogP contribution in [0.2, 0.25) is 0 Å².